The van der Waals surface area contributed by atoms with Gasteiger partial charge >= 0.3 is 6.36 Å². The highest BCUT2D eigenvalue weighted by molar-refractivity contribution is 6.27. The Bertz CT molecular complexity index is 83.6. The Morgan fingerprint density at radius 3 is 2.00 bits per heavy atom. The van der Waals surface area contributed by atoms with Crippen LogP contribution in [0, 0.1) is 0 Å². The summed E-state index contributed by atoms with van der Waals surface area (Å²) < 4.78 is 36.6. The molecule has 0 aromatic carbocycles. The molecule has 0 rings (SSSR count). The molecule has 0 bridgehead atoms. The van der Waals surface area contributed by atoms with Gasteiger partial charge in [-0.1, -0.05) is 11.6 Å². The minimum Gasteiger partial charge on any atom is -0.271 e. The van der Waals surface area contributed by atoms with E-state index in [2.05, 4.69) is 4.74 Å². The summed E-state index contributed by atoms with van der Waals surface area (Å²) in [6.07, 6.45) is -4.69. The molecule has 9 heavy (non-hydrogen) atoms. The van der Waals surface area contributed by atoms with E-state index in [1.165, 1.54) is 0 Å². The van der Waals surface area contributed by atoms with E-state index < -0.39 is 11.9 Å². The maximum Gasteiger partial charge on any atom is 0.523 e. The first-order chi connectivity index (χ1) is 3.95. The SMILES string of the molecule is FC(F)(F)OC(Cl)CCl. The topological polar surface area (TPSA) is 9.23 Å². The molecule has 1 atom stereocenters. The van der Waals surface area contributed by atoms with Crippen LogP contribution in [0.3, 0.4) is 0 Å². The van der Waals surface area contributed by atoms with Crippen LogP contribution in [0.15, 0.2) is 0 Å². The van der Waals surface area contributed by atoms with E-state index in [0.29, 0.717) is 0 Å². The van der Waals surface area contributed by atoms with Crippen LogP contribution >= 0.6 is 23.2 Å². The van der Waals surface area contributed by atoms with Crippen molar-refractivity contribution in [1.82, 2.24) is 0 Å². The molecule has 1 nitrogen and oxygen atoms in total. The largest absolute Gasteiger partial charge is 0.523 e. The number of hydrogen-bond donors (Lipinski definition) is 0. The lowest BCUT2D eigenvalue weighted by Gasteiger charge is -2.09. The summed E-state index contributed by atoms with van der Waals surface area (Å²) in [6.45, 7) is 0. The van der Waals surface area contributed by atoms with Crippen LogP contribution in [0.4, 0.5) is 13.2 Å². The van der Waals surface area contributed by atoms with Gasteiger partial charge in [-0.3, -0.25) is 4.74 Å². The van der Waals surface area contributed by atoms with Crippen molar-refractivity contribution in [2.75, 3.05) is 5.88 Å². The smallest absolute Gasteiger partial charge is 0.271 e. The Balaban J connectivity index is 3.47. The zero-order chi connectivity index (χ0) is 7.49. The Morgan fingerprint density at radius 1 is 1.44 bits per heavy atom. The van der Waals surface area contributed by atoms with Crippen molar-refractivity contribution in [1.29, 1.82) is 0 Å². The normalized spacial score (nSPS) is 15.7. The monoisotopic (exact) mass is 182 g/mol. The molecule has 0 radical (unpaired) electrons. The summed E-state index contributed by atoms with van der Waals surface area (Å²) in [5.74, 6) is -0.388. The fourth-order valence-electron chi connectivity index (χ4n) is 0.176. The van der Waals surface area contributed by atoms with Crippen LogP contribution in [0.25, 0.3) is 0 Å². The molecular formula is C3H3Cl2F3O. The van der Waals surface area contributed by atoms with Crippen LogP contribution in [-0.4, -0.2) is 17.8 Å². The van der Waals surface area contributed by atoms with E-state index >= 15 is 0 Å². The Labute approximate surface area is 59.7 Å². The third kappa shape index (κ3) is 6.21. The van der Waals surface area contributed by atoms with Gasteiger partial charge in [0.15, 0.2) is 5.56 Å². The molecule has 0 aromatic rings. The minimum absolute atomic E-state index is 0.388. The van der Waals surface area contributed by atoms with Gasteiger partial charge in [0, 0.05) is 0 Å². The van der Waals surface area contributed by atoms with Gasteiger partial charge in [0.05, 0.1) is 5.88 Å². The minimum atomic E-state index is -4.69. The lowest BCUT2D eigenvalue weighted by Crippen LogP contribution is -2.20. The van der Waals surface area contributed by atoms with Gasteiger partial charge in [-0.05, 0) is 0 Å². The lowest BCUT2D eigenvalue weighted by atomic mass is 10.8. The summed E-state index contributed by atoms with van der Waals surface area (Å²) in [5, 5.41) is 0. The van der Waals surface area contributed by atoms with E-state index in [1.54, 1.807) is 0 Å². The van der Waals surface area contributed by atoms with Crippen molar-refractivity contribution in [2.45, 2.75) is 11.9 Å². The molecule has 0 spiro atoms. The molecule has 0 fully saturated rings. The highest BCUT2D eigenvalue weighted by Crippen LogP contribution is 2.20. The molecule has 6 heteroatoms. The zero-order valence-electron chi connectivity index (χ0n) is 4.08. The van der Waals surface area contributed by atoms with Crippen molar-refractivity contribution in [3.8, 4) is 0 Å². The predicted molar refractivity (Wildman–Crippen MR) is 27.5 cm³/mol. The molecule has 0 aromatic heterocycles. The molecule has 0 heterocycles. The van der Waals surface area contributed by atoms with Crippen LogP contribution < -0.4 is 0 Å². The van der Waals surface area contributed by atoms with E-state index in [-0.39, 0.29) is 5.88 Å². The maximum atomic E-state index is 11.1. The standard InChI is InChI=1S/C3H3Cl2F3O/c4-1-2(5)9-3(6,7)8/h2H,1H2. The highest BCUT2D eigenvalue weighted by Gasteiger charge is 2.32. The lowest BCUT2D eigenvalue weighted by molar-refractivity contribution is -0.329. The second-order valence-corrected chi connectivity index (χ2v) is 1.92. The third-order valence-electron chi connectivity index (χ3n) is 0.383. The van der Waals surface area contributed by atoms with Crippen molar-refractivity contribution in [2.24, 2.45) is 0 Å². The van der Waals surface area contributed by atoms with Crippen molar-refractivity contribution >= 4 is 23.2 Å². The van der Waals surface area contributed by atoms with Crippen LogP contribution in [0.1, 0.15) is 0 Å². The molecule has 0 amide bonds. The number of alkyl halides is 5. The fourth-order valence-corrected chi connectivity index (χ4v) is 0.341. The van der Waals surface area contributed by atoms with Crippen molar-refractivity contribution in [3.05, 3.63) is 0 Å². The maximum absolute atomic E-state index is 11.1. The molecule has 0 aliphatic heterocycles. The second kappa shape index (κ2) is 3.49. The Kier molecular flexibility index (Phi) is 3.61. The highest BCUT2D eigenvalue weighted by atomic mass is 35.5. The Morgan fingerprint density at radius 2 is 1.89 bits per heavy atom. The van der Waals surface area contributed by atoms with Crippen molar-refractivity contribution in [3.63, 3.8) is 0 Å². The fraction of sp³-hybridized carbons (Fsp3) is 1.00. The second-order valence-electron chi connectivity index (χ2n) is 1.13. The Hall–Kier alpha value is 0.330. The van der Waals surface area contributed by atoms with E-state index in [4.69, 9.17) is 23.2 Å². The van der Waals surface area contributed by atoms with Crippen LogP contribution in [-0.2, 0) is 4.74 Å². The molecular weight excluding hydrogens is 180 g/mol. The van der Waals surface area contributed by atoms with Gasteiger partial charge in [-0.2, -0.15) is 0 Å². The first-order valence-electron chi connectivity index (χ1n) is 1.90. The summed E-state index contributed by atoms with van der Waals surface area (Å²) in [5.41, 5.74) is -1.49. The summed E-state index contributed by atoms with van der Waals surface area (Å²) >= 11 is 9.78. The predicted octanol–water partition coefficient (Wildman–Crippen LogP) is 2.33. The van der Waals surface area contributed by atoms with E-state index in [1.807, 2.05) is 0 Å². The van der Waals surface area contributed by atoms with E-state index in [9.17, 15) is 13.2 Å². The number of rotatable bonds is 2. The molecule has 1 unspecified atom stereocenters. The number of ether oxygens (including phenoxy) is 1. The zero-order valence-corrected chi connectivity index (χ0v) is 5.59. The van der Waals surface area contributed by atoms with Gasteiger partial charge in [0.1, 0.15) is 0 Å². The van der Waals surface area contributed by atoms with E-state index in [0.717, 1.165) is 0 Å². The number of halogens is 5. The average Bonchev–Trinajstić information content (AvgIpc) is 1.62. The summed E-state index contributed by atoms with van der Waals surface area (Å²) in [7, 11) is 0. The van der Waals surface area contributed by atoms with Crippen LogP contribution in [0.2, 0.25) is 0 Å². The van der Waals surface area contributed by atoms with Gasteiger partial charge < -0.3 is 0 Å². The summed E-state index contributed by atoms with van der Waals surface area (Å²) in [4.78, 5) is 0. The summed E-state index contributed by atoms with van der Waals surface area (Å²) in [6, 6.07) is 0. The molecule has 0 saturated carbocycles. The van der Waals surface area contributed by atoms with Gasteiger partial charge in [0.2, 0.25) is 0 Å². The van der Waals surface area contributed by atoms with Crippen molar-refractivity contribution < 1.29 is 17.9 Å². The molecule has 0 saturated heterocycles. The molecule has 0 N–H and O–H groups in total. The van der Waals surface area contributed by atoms with Gasteiger partial charge in [-0.25, -0.2) is 0 Å². The number of hydrogen-bond acceptors (Lipinski definition) is 1. The first kappa shape index (κ1) is 9.33. The molecule has 0 aliphatic carbocycles. The molecule has 0 aliphatic rings. The molecule has 56 valence electrons. The third-order valence-corrected chi connectivity index (χ3v) is 1.06. The average molecular weight is 183 g/mol. The van der Waals surface area contributed by atoms with Gasteiger partial charge in [0.25, 0.3) is 0 Å². The quantitative estimate of drug-likeness (QED) is 0.596. The van der Waals surface area contributed by atoms with Crippen LogP contribution in [0.5, 0.6) is 0 Å². The van der Waals surface area contributed by atoms with Gasteiger partial charge in [-0.15, -0.1) is 24.8 Å². The first-order valence-corrected chi connectivity index (χ1v) is 2.87.